The highest BCUT2D eigenvalue weighted by Gasteiger charge is 2.37. The van der Waals surface area contributed by atoms with Crippen LogP contribution in [0.25, 0.3) is 0 Å². The molecule has 5 rings (SSSR count). The van der Waals surface area contributed by atoms with Gasteiger partial charge in [0.15, 0.2) is 5.16 Å². The summed E-state index contributed by atoms with van der Waals surface area (Å²) in [6, 6.07) is 8.84. The lowest BCUT2D eigenvalue weighted by molar-refractivity contribution is -0.117. The van der Waals surface area contributed by atoms with Crippen molar-refractivity contribution in [3.63, 3.8) is 0 Å². The predicted octanol–water partition coefficient (Wildman–Crippen LogP) is 3.95. The Morgan fingerprint density at radius 2 is 2.00 bits per heavy atom. The van der Waals surface area contributed by atoms with Gasteiger partial charge in [-0.05, 0) is 57.1 Å². The Balaban J connectivity index is 1.36. The van der Waals surface area contributed by atoms with E-state index in [1.807, 2.05) is 17.9 Å². The first kappa shape index (κ1) is 16.4. The molecular formula is C20H24N4OS. The van der Waals surface area contributed by atoms with Crippen LogP contribution in [-0.4, -0.2) is 32.5 Å². The van der Waals surface area contributed by atoms with Crippen molar-refractivity contribution in [2.24, 2.45) is 0 Å². The maximum absolute atomic E-state index is 13.2. The van der Waals surface area contributed by atoms with E-state index in [2.05, 4.69) is 33.0 Å². The highest BCUT2D eigenvalue weighted by Crippen LogP contribution is 2.46. The lowest BCUT2D eigenvalue weighted by Gasteiger charge is -2.31. The van der Waals surface area contributed by atoms with Gasteiger partial charge in [-0.1, -0.05) is 30.0 Å². The summed E-state index contributed by atoms with van der Waals surface area (Å²) in [4.78, 5) is 15.1. The topological polar surface area (TPSA) is 51.0 Å². The number of thioether (sulfide) groups is 1. The molecule has 1 amide bonds. The summed E-state index contributed by atoms with van der Waals surface area (Å²) in [5.74, 6) is 1.93. The van der Waals surface area contributed by atoms with Crippen LogP contribution in [0, 0.1) is 0 Å². The minimum Gasteiger partial charge on any atom is -0.311 e. The average Bonchev–Trinajstić information content (AvgIpc) is 3.59. The normalized spacial score (nSPS) is 20.7. The second-order valence-electron chi connectivity index (χ2n) is 7.70. The van der Waals surface area contributed by atoms with Crippen molar-refractivity contribution in [2.75, 3.05) is 11.4 Å². The minimum atomic E-state index is -0.157. The molecule has 2 saturated carbocycles. The Morgan fingerprint density at radius 3 is 2.77 bits per heavy atom. The van der Waals surface area contributed by atoms with Crippen molar-refractivity contribution in [1.29, 1.82) is 0 Å². The number of rotatable bonds is 5. The SMILES string of the molecule is C[C@@H](Sc1nnc(C2CC2)n1C1CC1)C(=O)N1CCCc2ccccc21. The van der Waals surface area contributed by atoms with Gasteiger partial charge in [0.2, 0.25) is 5.91 Å². The van der Waals surface area contributed by atoms with Crippen LogP contribution in [0.15, 0.2) is 29.4 Å². The van der Waals surface area contributed by atoms with Gasteiger partial charge in [-0.15, -0.1) is 10.2 Å². The number of carbonyl (C=O) groups excluding carboxylic acids is 1. The second-order valence-corrected chi connectivity index (χ2v) is 9.01. The molecule has 26 heavy (non-hydrogen) atoms. The molecule has 0 N–H and O–H groups in total. The molecule has 0 bridgehead atoms. The summed E-state index contributed by atoms with van der Waals surface area (Å²) in [5, 5.41) is 9.70. The molecule has 6 heteroatoms. The third-order valence-electron chi connectivity index (χ3n) is 5.55. The number of benzene rings is 1. The van der Waals surface area contributed by atoms with E-state index < -0.39 is 0 Å². The molecule has 1 aromatic heterocycles. The third-order valence-corrected chi connectivity index (χ3v) is 6.60. The second kappa shape index (κ2) is 6.41. The molecule has 3 aliphatic rings. The predicted molar refractivity (Wildman–Crippen MR) is 103 cm³/mol. The zero-order valence-corrected chi connectivity index (χ0v) is 15.9. The fourth-order valence-electron chi connectivity index (χ4n) is 3.86. The largest absolute Gasteiger partial charge is 0.311 e. The van der Waals surface area contributed by atoms with Gasteiger partial charge < -0.3 is 9.47 Å². The smallest absolute Gasteiger partial charge is 0.240 e. The lowest BCUT2D eigenvalue weighted by atomic mass is 10.0. The first-order valence-electron chi connectivity index (χ1n) is 9.73. The number of hydrogen-bond acceptors (Lipinski definition) is 4. The Hall–Kier alpha value is -1.82. The first-order chi connectivity index (χ1) is 12.7. The van der Waals surface area contributed by atoms with Crippen LogP contribution in [0.3, 0.4) is 0 Å². The van der Waals surface area contributed by atoms with Crippen molar-refractivity contribution in [3.8, 4) is 0 Å². The van der Waals surface area contributed by atoms with Crippen molar-refractivity contribution >= 4 is 23.4 Å². The fourth-order valence-corrected chi connectivity index (χ4v) is 4.84. The molecule has 0 unspecified atom stereocenters. The molecule has 0 saturated heterocycles. The molecule has 1 atom stereocenters. The fraction of sp³-hybridized carbons (Fsp3) is 0.550. The van der Waals surface area contributed by atoms with E-state index in [1.165, 1.54) is 31.2 Å². The number of aryl methyl sites for hydroxylation is 1. The number of anilines is 1. The van der Waals surface area contributed by atoms with E-state index >= 15 is 0 Å². The van der Waals surface area contributed by atoms with Crippen LogP contribution in [0.1, 0.15) is 62.4 Å². The molecule has 2 heterocycles. The van der Waals surface area contributed by atoms with Gasteiger partial charge in [-0.2, -0.15) is 0 Å². The molecule has 2 aromatic rings. The Labute approximate surface area is 158 Å². The van der Waals surface area contributed by atoms with E-state index in [9.17, 15) is 4.79 Å². The van der Waals surface area contributed by atoms with Crippen LogP contribution in [0.2, 0.25) is 0 Å². The molecule has 136 valence electrons. The summed E-state index contributed by atoms with van der Waals surface area (Å²) in [6.07, 6.45) is 6.98. The third kappa shape index (κ3) is 2.94. The van der Waals surface area contributed by atoms with Gasteiger partial charge in [-0.25, -0.2) is 0 Å². The zero-order valence-electron chi connectivity index (χ0n) is 15.1. The van der Waals surface area contributed by atoms with Gasteiger partial charge in [0.1, 0.15) is 5.82 Å². The molecule has 1 aromatic carbocycles. The number of nitrogens with zero attached hydrogens (tertiary/aromatic N) is 4. The Kier molecular flexibility index (Phi) is 4.03. The number of aromatic nitrogens is 3. The highest BCUT2D eigenvalue weighted by molar-refractivity contribution is 8.00. The van der Waals surface area contributed by atoms with E-state index in [4.69, 9.17) is 0 Å². The highest BCUT2D eigenvalue weighted by atomic mass is 32.2. The van der Waals surface area contributed by atoms with Gasteiger partial charge in [-0.3, -0.25) is 4.79 Å². The molecular weight excluding hydrogens is 344 g/mol. The molecule has 0 spiro atoms. The Bertz CT molecular complexity index is 840. The molecule has 1 aliphatic heterocycles. The average molecular weight is 369 g/mol. The van der Waals surface area contributed by atoms with E-state index in [-0.39, 0.29) is 11.2 Å². The van der Waals surface area contributed by atoms with Gasteiger partial charge >= 0.3 is 0 Å². The van der Waals surface area contributed by atoms with Gasteiger partial charge in [0, 0.05) is 24.2 Å². The first-order valence-corrected chi connectivity index (χ1v) is 10.6. The van der Waals surface area contributed by atoms with Gasteiger partial charge in [0.05, 0.1) is 5.25 Å². The van der Waals surface area contributed by atoms with Crippen molar-refractivity contribution in [1.82, 2.24) is 14.8 Å². The lowest BCUT2D eigenvalue weighted by Crippen LogP contribution is -2.40. The summed E-state index contributed by atoms with van der Waals surface area (Å²) in [7, 11) is 0. The molecule has 2 aliphatic carbocycles. The van der Waals surface area contributed by atoms with Gasteiger partial charge in [0.25, 0.3) is 0 Å². The summed E-state index contributed by atoms with van der Waals surface area (Å²) in [6.45, 7) is 2.82. The van der Waals surface area contributed by atoms with Crippen LogP contribution in [0.4, 0.5) is 5.69 Å². The van der Waals surface area contributed by atoms with Crippen LogP contribution in [-0.2, 0) is 11.2 Å². The quantitative estimate of drug-likeness (QED) is 0.750. The van der Waals surface area contributed by atoms with Crippen molar-refractivity contribution < 1.29 is 4.79 Å². The summed E-state index contributed by atoms with van der Waals surface area (Å²) in [5.41, 5.74) is 2.36. The summed E-state index contributed by atoms with van der Waals surface area (Å²) >= 11 is 1.58. The number of fused-ring (bicyclic) bond motifs is 1. The number of carbonyl (C=O) groups is 1. The van der Waals surface area contributed by atoms with Crippen LogP contribution >= 0.6 is 11.8 Å². The van der Waals surface area contributed by atoms with Crippen molar-refractivity contribution in [2.45, 2.75) is 67.8 Å². The number of amides is 1. The van der Waals surface area contributed by atoms with E-state index in [0.29, 0.717) is 12.0 Å². The standard InChI is InChI=1S/C20H24N4OS/c1-13(19(25)23-12-4-6-14-5-2-3-7-17(14)23)26-20-22-21-18(15-8-9-15)24(20)16-10-11-16/h2-3,5,7,13,15-16H,4,6,8-12H2,1H3/t13-/m1/s1. The summed E-state index contributed by atoms with van der Waals surface area (Å²) < 4.78 is 2.33. The van der Waals surface area contributed by atoms with Crippen molar-refractivity contribution in [3.05, 3.63) is 35.7 Å². The van der Waals surface area contributed by atoms with Crippen LogP contribution < -0.4 is 4.90 Å². The Morgan fingerprint density at radius 1 is 1.19 bits per heavy atom. The monoisotopic (exact) mass is 368 g/mol. The maximum atomic E-state index is 13.2. The van der Waals surface area contributed by atoms with E-state index in [0.717, 1.165) is 36.1 Å². The van der Waals surface area contributed by atoms with Crippen LogP contribution in [0.5, 0.6) is 0 Å². The molecule has 2 fully saturated rings. The minimum absolute atomic E-state index is 0.157. The zero-order chi connectivity index (χ0) is 17.7. The maximum Gasteiger partial charge on any atom is 0.240 e. The van der Waals surface area contributed by atoms with E-state index in [1.54, 1.807) is 11.8 Å². The molecule has 5 nitrogen and oxygen atoms in total. The number of para-hydroxylation sites is 1. The molecule has 0 radical (unpaired) electrons. The number of hydrogen-bond donors (Lipinski definition) is 0.